The van der Waals surface area contributed by atoms with E-state index in [0.29, 0.717) is 28.0 Å². The van der Waals surface area contributed by atoms with Crippen LogP contribution in [0.2, 0.25) is 10.0 Å². The predicted octanol–water partition coefficient (Wildman–Crippen LogP) is 5.72. The van der Waals surface area contributed by atoms with Gasteiger partial charge in [0, 0.05) is 21.2 Å². The SMILES string of the molecule is O=C1c2[nH]nc(-c3ccccc3)c2C(c2ccc(Cl)cc2Cl)N1Cc1ccco1. The Labute approximate surface area is 176 Å². The third-order valence-electron chi connectivity index (χ3n) is 5.07. The molecule has 29 heavy (non-hydrogen) atoms. The monoisotopic (exact) mass is 423 g/mol. The van der Waals surface area contributed by atoms with E-state index in [-0.39, 0.29) is 5.91 Å². The minimum atomic E-state index is -0.415. The predicted molar refractivity (Wildman–Crippen MR) is 111 cm³/mol. The van der Waals surface area contributed by atoms with Crippen LogP contribution >= 0.6 is 23.2 Å². The van der Waals surface area contributed by atoms with E-state index in [9.17, 15) is 4.79 Å². The molecule has 0 bridgehead atoms. The van der Waals surface area contributed by atoms with Gasteiger partial charge in [-0.05, 0) is 29.8 Å². The number of hydrogen-bond acceptors (Lipinski definition) is 3. The molecule has 0 spiro atoms. The van der Waals surface area contributed by atoms with Gasteiger partial charge >= 0.3 is 0 Å². The molecule has 0 saturated heterocycles. The van der Waals surface area contributed by atoms with Crippen LogP contribution in [0.3, 0.4) is 0 Å². The van der Waals surface area contributed by atoms with Crippen LogP contribution in [0.5, 0.6) is 0 Å². The third kappa shape index (κ3) is 3.03. The van der Waals surface area contributed by atoms with E-state index in [2.05, 4.69) is 10.2 Å². The first-order valence-corrected chi connectivity index (χ1v) is 9.81. The summed E-state index contributed by atoms with van der Waals surface area (Å²) in [5, 5.41) is 8.41. The number of furan rings is 1. The summed E-state index contributed by atoms with van der Waals surface area (Å²) >= 11 is 12.7. The summed E-state index contributed by atoms with van der Waals surface area (Å²) in [6.07, 6.45) is 1.59. The molecule has 144 valence electrons. The van der Waals surface area contributed by atoms with E-state index in [1.54, 1.807) is 29.4 Å². The number of amides is 1. The van der Waals surface area contributed by atoms with Crippen molar-refractivity contribution < 1.29 is 9.21 Å². The number of H-pyrrole nitrogens is 1. The van der Waals surface area contributed by atoms with E-state index in [0.717, 1.165) is 22.4 Å². The fraction of sp³-hybridized carbons (Fsp3) is 0.0909. The topological polar surface area (TPSA) is 62.1 Å². The van der Waals surface area contributed by atoms with Gasteiger partial charge in [-0.1, -0.05) is 59.6 Å². The number of aromatic nitrogens is 2. The third-order valence-corrected chi connectivity index (χ3v) is 5.64. The Morgan fingerprint density at radius 2 is 1.90 bits per heavy atom. The summed E-state index contributed by atoms with van der Waals surface area (Å²) in [6, 6.07) is 18.3. The zero-order valence-corrected chi connectivity index (χ0v) is 16.6. The van der Waals surface area contributed by atoms with Crippen LogP contribution < -0.4 is 0 Å². The Bertz CT molecular complexity index is 1190. The van der Waals surface area contributed by atoms with Crippen LogP contribution in [0.25, 0.3) is 11.3 Å². The lowest BCUT2D eigenvalue weighted by atomic mass is 9.96. The lowest BCUT2D eigenvalue weighted by molar-refractivity contribution is 0.0717. The first kappa shape index (κ1) is 18.0. The maximum Gasteiger partial charge on any atom is 0.273 e. The number of carbonyl (C=O) groups excluding carboxylic acids is 1. The van der Waals surface area contributed by atoms with Crippen LogP contribution in [0.4, 0.5) is 0 Å². The Morgan fingerprint density at radius 1 is 1.07 bits per heavy atom. The Morgan fingerprint density at radius 3 is 2.62 bits per heavy atom. The molecule has 1 aliphatic rings. The smallest absolute Gasteiger partial charge is 0.273 e. The molecule has 2 aromatic heterocycles. The molecule has 7 heteroatoms. The van der Waals surface area contributed by atoms with Crippen LogP contribution in [-0.2, 0) is 6.54 Å². The number of carbonyl (C=O) groups is 1. The molecule has 1 N–H and O–H groups in total. The molecule has 1 amide bonds. The van der Waals surface area contributed by atoms with E-state index in [1.165, 1.54) is 0 Å². The molecule has 5 rings (SSSR count). The number of nitrogens with zero attached hydrogens (tertiary/aromatic N) is 2. The number of nitrogens with one attached hydrogen (secondary N) is 1. The second-order valence-electron chi connectivity index (χ2n) is 6.81. The van der Waals surface area contributed by atoms with Crippen molar-refractivity contribution in [1.82, 2.24) is 15.1 Å². The van der Waals surface area contributed by atoms with Gasteiger partial charge in [-0.2, -0.15) is 5.10 Å². The zero-order valence-electron chi connectivity index (χ0n) is 15.1. The summed E-state index contributed by atoms with van der Waals surface area (Å²) in [7, 11) is 0. The van der Waals surface area contributed by atoms with Crippen LogP contribution in [0.15, 0.2) is 71.3 Å². The number of benzene rings is 2. The average molecular weight is 424 g/mol. The van der Waals surface area contributed by atoms with Crippen molar-refractivity contribution in [2.45, 2.75) is 12.6 Å². The largest absolute Gasteiger partial charge is 0.467 e. The number of rotatable bonds is 4. The lowest BCUT2D eigenvalue weighted by Crippen LogP contribution is -2.29. The van der Waals surface area contributed by atoms with Crippen LogP contribution in [0.1, 0.15) is 33.4 Å². The first-order valence-electron chi connectivity index (χ1n) is 9.05. The fourth-order valence-corrected chi connectivity index (χ4v) is 4.30. The maximum absolute atomic E-state index is 13.3. The maximum atomic E-state index is 13.3. The molecule has 0 radical (unpaired) electrons. The van der Waals surface area contributed by atoms with Crippen molar-refractivity contribution in [1.29, 1.82) is 0 Å². The summed E-state index contributed by atoms with van der Waals surface area (Å²) in [5.74, 6) is 0.537. The molecule has 0 fully saturated rings. The molecular weight excluding hydrogens is 409 g/mol. The van der Waals surface area contributed by atoms with Gasteiger partial charge in [0.05, 0.1) is 24.5 Å². The highest BCUT2D eigenvalue weighted by Gasteiger charge is 2.43. The van der Waals surface area contributed by atoms with Gasteiger partial charge in [-0.25, -0.2) is 0 Å². The van der Waals surface area contributed by atoms with Gasteiger partial charge in [-0.15, -0.1) is 0 Å². The molecule has 4 aromatic rings. The minimum Gasteiger partial charge on any atom is -0.467 e. The van der Waals surface area contributed by atoms with Gasteiger partial charge < -0.3 is 9.32 Å². The molecular formula is C22H15Cl2N3O2. The molecule has 1 atom stereocenters. The van der Waals surface area contributed by atoms with Crippen molar-refractivity contribution in [3.8, 4) is 11.3 Å². The first-order chi connectivity index (χ1) is 14.1. The molecule has 1 aliphatic heterocycles. The van der Waals surface area contributed by atoms with E-state index >= 15 is 0 Å². The molecule has 0 aliphatic carbocycles. The number of aromatic amines is 1. The van der Waals surface area contributed by atoms with Gasteiger partial charge in [0.1, 0.15) is 11.5 Å². The zero-order chi connectivity index (χ0) is 20.0. The second-order valence-corrected chi connectivity index (χ2v) is 7.65. The second kappa shape index (κ2) is 7.10. The quantitative estimate of drug-likeness (QED) is 0.456. The number of halogens is 2. The highest BCUT2D eigenvalue weighted by atomic mass is 35.5. The lowest BCUT2D eigenvalue weighted by Gasteiger charge is -2.26. The Kier molecular flexibility index (Phi) is 4.42. The van der Waals surface area contributed by atoms with Crippen molar-refractivity contribution >= 4 is 29.1 Å². The summed E-state index contributed by atoms with van der Waals surface area (Å²) < 4.78 is 5.49. The van der Waals surface area contributed by atoms with Crippen molar-refractivity contribution in [2.75, 3.05) is 0 Å². The van der Waals surface area contributed by atoms with Crippen LogP contribution in [0, 0.1) is 0 Å². The molecule has 5 nitrogen and oxygen atoms in total. The van der Waals surface area contributed by atoms with E-state index in [4.69, 9.17) is 27.6 Å². The summed E-state index contributed by atoms with van der Waals surface area (Å²) in [5.41, 5.74) is 3.70. The van der Waals surface area contributed by atoms with Crippen molar-refractivity contribution in [2.24, 2.45) is 0 Å². The average Bonchev–Trinajstić information content (AvgIpc) is 3.43. The summed E-state index contributed by atoms with van der Waals surface area (Å²) in [4.78, 5) is 15.0. The van der Waals surface area contributed by atoms with Crippen molar-refractivity contribution in [3.05, 3.63) is 99.6 Å². The standard InChI is InChI=1S/C22H15Cl2N3O2/c23-14-8-9-16(17(24)11-14)21-18-19(13-5-2-1-3-6-13)25-26-20(18)22(28)27(21)12-15-7-4-10-29-15/h1-11,21H,12H2,(H,25,26). The molecule has 1 unspecified atom stereocenters. The van der Waals surface area contributed by atoms with Crippen LogP contribution in [-0.4, -0.2) is 21.0 Å². The van der Waals surface area contributed by atoms with Gasteiger partial charge in [0.2, 0.25) is 0 Å². The Hall–Kier alpha value is -3.02. The molecule has 3 heterocycles. The van der Waals surface area contributed by atoms with Gasteiger partial charge in [0.25, 0.3) is 5.91 Å². The molecule has 0 saturated carbocycles. The fourth-order valence-electron chi connectivity index (χ4n) is 3.79. The Balaban J connectivity index is 1.69. The van der Waals surface area contributed by atoms with E-state index < -0.39 is 6.04 Å². The van der Waals surface area contributed by atoms with E-state index in [1.807, 2.05) is 42.5 Å². The normalized spacial score (nSPS) is 15.7. The van der Waals surface area contributed by atoms with Gasteiger partial charge in [-0.3, -0.25) is 9.89 Å². The number of hydrogen-bond donors (Lipinski definition) is 1. The summed E-state index contributed by atoms with van der Waals surface area (Å²) in [6.45, 7) is 0.312. The number of fused-ring (bicyclic) bond motifs is 1. The highest BCUT2D eigenvalue weighted by Crippen LogP contribution is 2.45. The van der Waals surface area contributed by atoms with Gasteiger partial charge in [0.15, 0.2) is 0 Å². The van der Waals surface area contributed by atoms with Crippen molar-refractivity contribution in [3.63, 3.8) is 0 Å². The minimum absolute atomic E-state index is 0.151. The molecule has 2 aromatic carbocycles. The highest BCUT2D eigenvalue weighted by molar-refractivity contribution is 6.35.